The molecule has 1 aromatic rings. The lowest BCUT2D eigenvalue weighted by Crippen LogP contribution is -2.58. The van der Waals surface area contributed by atoms with E-state index in [4.69, 9.17) is 14.2 Å². The zero-order valence-electron chi connectivity index (χ0n) is 18.5. The van der Waals surface area contributed by atoms with Gasteiger partial charge in [0.15, 0.2) is 6.04 Å². The first kappa shape index (κ1) is 24.8. The first-order valence-electron chi connectivity index (χ1n) is 10.4. The van der Waals surface area contributed by atoms with Gasteiger partial charge in [-0.05, 0) is 32.3 Å². The van der Waals surface area contributed by atoms with E-state index in [1.54, 1.807) is 13.8 Å². The third-order valence-electron chi connectivity index (χ3n) is 5.59. The number of ether oxygens (including phenoxy) is 3. The Kier molecular flexibility index (Phi) is 8.97. The van der Waals surface area contributed by atoms with Crippen LogP contribution in [0.3, 0.4) is 0 Å². The molecule has 1 aliphatic rings. The van der Waals surface area contributed by atoms with Gasteiger partial charge in [-0.25, -0.2) is 4.79 Å². The van der Waals surface area contributed by atoms with Gasteiger partial charge in [-0.1, -0.05) is 30.3 Å². The van der Waals surface area contributed by atoms with Crippen LogP contribution in [0, 0.1) is 0 Å². The molecule has 9 heteroatoms. The summed E-state index contributed by atoms with van der Waals surface area (Å²) in [7, 11) is 2.71. The first-order chi connectivity index (χ1) is 14.8. The van der Waals surface area contributed by atoms with Gasteiger partial charge < -0.3 is 24.2 Å². The van der Waals surface area contributed by atoms with Gasteiger partial charge >= 0.3 is 11.9 Å². The number of carboxylic acid groups (broad SMARTS) is 1. The van der Waals surface area contributed by atoms with Gasteiger partial charge in [-0.3, -0.25) is 14.9 Å². The Balaban J connectivity index is 2.12. The zero-order valence-corrected chi connectivity index (χ0v) is 18.5. The Labute approximate surface area is 182 Å². The van der Waals surface area contributed by atoms with Crippen LogP contribution >= 0.6 is 0 Å². The molecule has 31 heavy (non-hydrogen) atoms. The van der Waals surface area contributed by atoms with E-state index in [0.717, 1.165) is 5.56 Å². The fourth-order valence-electron chi connectivity index (χ4n) is 3.94. The van der Waals surface area contributed by atoms with Crippen molar-refractivity contribution in [3.63, 3.8) is 0 Å². The number of methoxy groups -OCH3 is 2. The number of carboxylic acids is 1. The molecule has 1 aliphatic heterocycles. The van der Waals surface area contributed by atoms with Crippen LogP contribution in [0.4, 0.5) is 0 Å². The van der Waals surface area contributed by atoms with E-state index in [1.165, 1.54) is 19.1 Å². The summed E-state index contributed by atoms with van der Waals surface area (Å²) < 4.78 is 15.8. The van der Waals surface area contributed by atoms with Crippen LogP contribution in [0.1, 0.15) is 32.3 Å². The van der Waals surface area contributed by atoms with Crippen LogP contribution in [-0.2, 0) is 35.0 Å². The van der Waals surface area contributed by atoms with E-state index in [9.17, 15) is 19.5 Å². The summed E-state index contributed by atoms with van der Waals surface area (Å²) in [6.45, 7) is 3.72. The van der Waals surface area contributed by atoms with E-state index in [1.807, 2.05) is 30.3 Å². The number of hydrogen-bond acceptors (Lipinski definition) is 7. The highest BCUT2D eigenvalue weighted by Crippen LogP contribution is 2.33. The molecule has 1 aromatic carbocycles. The van der Waals surface area contributed by atoms with Crippen LogP contribution in [0.5, 0.6) is 0 Å². The second kappa shape index (κ2) is 11.2. The molecular weight excluding hydrogens is 404 g/mol. The number of rotatable bonds is 11. The second-order valence-electron chi connectivity index (χ2n) is 7.46. The highest BCUT2D eigenvalue weighted by atomic mass is 16.7. The van der Waals surface area contributed by atoms with Crippen LogP contribution in [0.25, 0.3) is 0 Å². The van der Waals surface area contributed by atoms with Crippen molar-refractivity contribution in [2.24, 2.45) is 0 Å². The minimum absolute atomic E-state index is 0.164. The average molecular weight is 437 g/mol. The maximum atomic E-state index is 13.1. The summed E-state index contributed by atoms with van der Waals surface area (Å²) in [4.78, 5) is 38.7. The average Bonchev–Trinajstić information content (AvgIpc) is 3.17. The predicted octanol–water partition coefficient (Wildman–Crippen LogP) is 1.20. The van der Waals surface area contributed by atoms with Gasteiger partial charge in [-0.2, -0.15) is 0 Å². The topological polar surface area (TPSA) is 114 Å². The highest BCUT2D eigenvalue weighted by molar-refractivity contribution is 5.88. The molecule has 1 amide bonds. The van der Waals surface area contributed by atoms with Gasteiger partial charge in [0.2, 0.25) is 11.7 Å². The molecule has 1 unspecified atom stereocenters. The number of amides is 1. The molecule has 9 nitrogen and oxygen atoms in total. The Bertz CT molecular complexity index is 751. The number of nitrogens with zero attached hydrogens (tertiary/aromatic N) is 1. The number of carbonyl (C=O) groups is 3. The predicted molar refractivity (Wildman–Crippen MR) is 112 cm³/mol. The fraction of sp³-hybridized carbons (Fsp3) is 0.591. The van der Waals surface area contributed by atoms with Gasteiger partial charge in [0, 0.05) is 27.2 Å². The minimum Gasteiger partial charge on any atom is -0.480 e. The van der Waals surface area contributed by atoms with Gasteiger partial charge in [0.1, 0.15) is 6.04 Å². The van der Waals surface area contributed by atoms with Crippen molar-refractivity contribution >= 4 is 17.8 Å². The molecule has 0 aliphatic carbocycles. The van der Waals surface area contributed by atoms with Crippen LogP contribution < -0.4 is 5.32 Å². The Morgan fingerprint density at radius 3 is 2.42 bits per heavy atom. The maximum absolute atomic E-state index is 13.1. The maximum Gasteiger partial charge on any atom is 0.332 e. The number of esters is 1. The van der Waals surface area contributed by atoms with Crippen molar-refractivity contribution in [3.05, 3.63) is 35.9 Å². The number of nitrogens with one attached hydrogen (secondary N) is 1. The van der Waals surface area contributed by atoms with E-state index < -0.39 is 41.8 Å². The summed E-state index contributed by atoms with van der Waals surface area (Å²) in [6, 6.07) is 6.89. The molecule has 2 N–H and O–H groups in total. The number of aryl methyl sites for hydroxylation is 1. The van der Waals surface area contributed by atoms with Crippen molar-refractivity contribution < 1.29 is 33.7 Å². The molecule has 1 heterocycles. The van der Waals surface area contributed by atoms with E-state index in [-0.39, 0.29) is 19.6 Å². The van der Waals surface area contributed by atoms with Crippen molar-refractivity contribution in [1.29, 1.82) is 0 Å². The number of aliphatic carboxylic acids is 1. The van der Waals surface area contributed by atoms with Gasteiger partial charge in [0.05, 0.1) is 12.6 Å². The molecule has 0 radical (unpaired) electrons. The second-order valence-corrected chi connectivity index (χ2v) is 7.46. The molecular formula is C22H32N2O7. The third kappa shape index (κ3) is 5.81. The lowest BCUT2D eigenvalue weighted by molar-refractivity contribution is -0.224. The summed E-state index contributed by atoms with van der Waals surface area (Å²) in [5.74, 6) is -3.52. The van der Waals surface area contributed by atoms with Crippen molar-refractivity contribution in [1.82, 2.24) is 10.2 Å². The van der Waals surface area contributed by atoms with Gasteiger partial charge in [0.25, 0.3) is 0 Å². The molecule has 0 aromatic heterocycles. The Hall–Kier alpha value is -2.49. The molecule has 0 bridgehead atoms. The van der Waals surface area contributed by atoms with Crippen molar-refractivity contribution in [2.45, 2.75) is 57.0 Å². The number of benzene rings is 1. The Morgan fingerprint density at radius 2 is 1.87 bits per heavy atom. The van der Waals surface area contributed by atoms with Gasteiger partial charge in [-0.15, -0.1) is 0 Å². The third-order valence-corrected chi connectivity index (χ3v) is 5.59. The first-order valence-corrected chi connectivity index (χ1v) is 10.4. The minimum atomic E-state index is -1.41. The van der Waals surface area contributed by atoms with E-state index in [2.05, 4.69) is 5.32 Å². The smallest absolute Gasteiger partial charge is 0.332 e. The molecule has 1 saturated heterocycles. The highest BCUT2D eigenvalue weighted by Gasteiger charge is 2.55. The number of likely N-dealkylation sites (tertiary alicyclic amines) is 1. The summed E-state index contributed by atoms with van der Waals surface area (Å²) in [6.07, 6.45) is 1.28. The lowest BCUT2D eigenvalue weighted by atomic mass is 10.0. The Morgan fingerprint density at radius 1 is 1.23 bits per heavy atom. The standard InChI is InChI=1S/C22H32N2O7/c1-5-31-21(28)17(12-11-16-9-7-6-8-10-16)23-15(2)19(25)24-14-13-22(29-3,30-4)18(24)20(26)27/h6-10,15,17-18,23H,5,11-14H2,1-4H3,(H,26,27)/t15?,17-,18+/m0/s1. The summed E-state index contributed by atoms with van der Waals surface area (Å²) in [5.41, 5.74) is 1.06. The largest absolute Gasteiger partial charge is 0.480 e. The van der Waals surface area contributed by atoms with Crippen LogP contribution in [0.15, 0.2) is 30.3 Å². The van der Waals surface area contributed by atoms with Crippen molar-refractivity contribution in [3.8, 4) is 0 Å². The normalized spacial score (nSPS) is 19.6. The molecule has 172 valence electrons. The summed E-state index contributed by atoms with van der Waals surface area (Å²) in [5, 5.41) is 12.7. The van der Waals surface area contributed by atoms with Crippen LogP contribution in [-0.4, -0.2) is 79.1 Å². The van der Waals surface area contributed by atoms with E-state index in [0.29, 0.717) is 12.8 Å². The molecule has 3 atom stereocenters. The monoisotopic (exact) mass is 436 g/mol. The molecule has 1 fully saturated rings. The van der Waals surface area contributed by atoms with E-state index >= 15 is 0 Å². The number of carbonyl (C=O) groups excluding carboxylic acids is 2. The lowest BCUT2D eigenvalue weighted by Gasteiger charge is -2.34. The quantitative estimate of drug-likeness (QED) is 0.393. The molecule has 0 spiro atoms. The molecule has 0 saturated carbocycles. The van der Waals surface area contributed by atoms with Crippen LogP contribution in [0.2, 0.25) is 0 Å². The fourth-order valence-corrected chi connectivity index (χ4v) is 3.94. The zero-order chi connectivity index (χ0) is 23.0. The van der Waals surface area contributed by atoms with Crippen molar-refractivity contribution in [2.75, 3.05) is 27.4 Å². The SMILES string of the molecule is CCOC(=O)[C@H](CCc1ccccc1)NC(C)C(=O)N1CCC(OC)(OC)[C@H]1C(=O)O. The number of hydrogen-bond donors (Lipinski definition) is 2. The molecule has 2 rings (SSSR count). The summed E-state index contributed by atoms with van der Waals surface area (Å²) >= 11 is 0.